The maximum absolute atomic E-state index is 12.1. The second kappa shape index (κ2) is 9.58. The summed E-state index contributed by atoms with van der Waals surface area (Å²) in [5.41, 5.74) is 0. The van der Waals surface area contributed by atoms with Gasteiger partial charge in [0.25, 0.3) is 0 Å². The van der Waals surface area contributed by atoms with Gasteiger partial charge in [0, 0.05) is 12.8 Å². The van der Waals surface area contributed by atoms with Crippen LogP contribution in [0.25, 0.3) is 0 Å². The number of hydrogen-bond donors (Lipinski definition) is 2. The molecule has 0 aromatic carbocycles. The Hall–Kier alpha value is -1.40. The topological polar surface area (TPSA) is 93.1 Å². The Kier molecular flexibility index (Phi) is 8.12. The third-order valence-electron chi connectivity index (χ3n) is 3.60. The number of aliphatic hydroxyl groups excluding tert-OH is 2. The Balaban J connectivity index is 2.50. The molecule has 4 atom stereocenters. The molecule has 0 saturated carbocycles. The number of ether oxygens (including phenoxy) is 2. The molecule has 6 nitrogen and oxygen atoms in total. The van der Waals surface area contributed by atoms with Gasteiger partial charge in [-0.25, -0.2) is 0 Å². The molecule has 0 aromatic heterocycles. The Morgan fingerprint density at radius 1 is 0.955 bits per heavy atom. The van der Waals surface area contributed by atoms with Crippen molar-refractivity contribution in [2.24, 2.45) is 11.8 Å². The van der Waals surface area contributed by atoms with Gasteiger partial charge in [-0.1, -0.05) is 12.2 Å². The lowest BCUT2D eigenvalue weighted by Crippen LogP contribution is -2.34. The highest BCUT2D eigenvalue weighted by molar-refractivity contribution is 5.82. The van der Waals surface area contributed by atoms with E-state index < -0.39 is 36.0 Å². The average molecular weight is 314 g/mol. The fraction of sp³-hybridized carbons (Fsp3) is 0.750. The van der Waals surface area contributed by atoms with E-state index in [0.29, 0.717) is 25.7 Å². The third kappa shape index (κ3) is 6.58. The van der Waals surface area contributed by atoms with E-state index in [9.17, 15) is 9.59 Å². The van der Waals surface area contributed by atoms with Crippen LogP contribution in [0.3, 0.4) is 0 Å². The summed E-state index contributed by atoms with van der Waals surface area (Å²) < 4.78 is 10.3. The predicted octanol–water partition coefficient (Wildman–Crippen LogP) is 1.20. The third-order valence-corrected chi connectivity index (χ3v) is 3.60. The van der Waals surface area contributed by atoms with Crippen molar-refractivity contribution in [3.05, 3.63) is 12.2 Å². The van der Waals surface area contributed by atoms with E-state index in [1.165, 1.54) is 0 Å². The molecule has 0 heterocycles. The van der Waals surface area contributed by atoms with Crippen LogP contribution in [-0.2, 0) is 19.1 Å². The molecule has 0 aliphatic heterocycles. The lowest BCUT2D eigenvalue weighted by molar-refractivity contribution is -0.161. The van der Waals surface area contributed by atoms with Crippen LogP contribution in [0.5, 0.6) is 0 Å². The van der Waals surface area contributed by atoms with Crippen molar-refractivity contribution in [1.82, 2.24) is 0 Å². The largest absolute Gasteiger partial charge is 0.465 e. The normalized spacial score (nSPS) is 23.6. The van der Waals surface area contributed by atoms with Gasteiger partial charge in [-0.2, -0.15) is 0 Å². The number of allylic oxidation sites excluding steroid dienone is 2. The molecule has 1 rings (SSSR count). The zero-order valence-corrected chi connectivity index (χ0v) is 13.2. The highest BCUT2D eigenvalue weighted by Crippen LogP contribution is 2.28. The smallest absolute Gasteiger partial charge is 0.310 e. The number of hydrogen-bond acceptors (Lipinski definition) is 6. The first-order valence-corrected chi connectivity index (χ1v) is 7.76. The van der Waals surface area contributed by atoms with E-state index >= 15 is 0 Å². The predicted molar refractivity (Wildman–Crippen MR) is 79.9 cm³/mol. The SMILES string of the molecule is CC(O)CCOC(=O)C1CC=CCC1C(=O)OCCC(C)O. The summed E-state index contributed by atoms with van der Waals surface area (Å²) in [5.74, 6) is -1.94. The summed E-state index contributed by atoms with van der Waals surface area (Å²) in [4.78, 5) is 24.2. The monoisotopic (exact) mass is 314 g/mol. The molecule has 2 N–H and O–H groups in total. The van der Waals surface area contributed by atoms with E-state index in [4.69, 9.17) is 19.7 Å². The summed E-state index contributed by atoms with van der Waals surface area (Å²) in [5, 5.41) is 18.3. The van der Waals surface area contributed by atoms with Gasteiger partial charge >= 0.3 is 11.9 Å². The average Bonchev–Trinajstić information content (AvgIpc) is 2.46. The van der Waals surface area contributed by atoms with Crippen molar-refractivity contribution >= 4 is 11.9 Å². The summed E-state index contributed by atoms with van der Waals surface area (Å²) in [6.45, 7) is 3.53. The van der Waals surface area contributed by atoms with E-state index in [2.05, 4.69) is 0 Å². The van der Waals surface area contributed by atoms with Crippen molar-refractivity contribution in [3.8, 4) is 0 Å². The van der Waals surface area contributed by atoms with Crippen molar-refractivity contribution in [3.63, 3.8) is 0 Å². The number of esters is 2. The Labute approximate surface area is 131 Å². The number of aliphatic hydroxyl groups is 2. The van der Waals surface area contributed by atoms with Crippen molar-refractivity contribution in [1.29, 1.82) is 0 Å². The van der Waals surface area contributed by atoms with Gasteiger partial charge in [-0.3, -0.25) is 9.59 Å². The van der Waals surface area contributed by atoms with Gasteiger partial charge in [0.2, 0.25) is 0 Å². The molecule has 0 aromatic rings. The van der Waals surface area contributed by atoms with Gasteiger partial charge < -0.3 is 19.7 Å². The van der Waals surface area contributed by atoms with E-state index in [1.807, 2.05) is 12.2 Å². The van der Waals surface area contributed by atoms with Crippen LogP contribution in [0, 0.1) is 11.8 Å². The molecule has 4 unspecified atom stereocenters. The number of carbonyl (C=O) groups is 2. The minimum Gasteiger partial charge on any atom is -0.465 e. The zero-order valence-electron chi connectivity index (χ0n) is 13.2. The molecule has 6 heteroatoms. The fourth-order valence-electron chi connectivity index (χ4n) is 2.21. The lowest BCUT2D eigenvalue weighted by atomic mass is 9.83. The van der Waals surface area contributed by atoms with E-state index in [0.717, 1.165) is 0 Å². The molecule has 22 heavy (non-hydrogen) atoms. The molecule has 126 valence electrons. The van der Waals surface area contributed by atoms with Gasteiger partial charge in [0.15, 0.2) is 0 Å². The van der Waals surface area contributed by atoms with Crippen molar-refractivity contribution in [2.45, 2.75) is 51.7 Å². The summed E-state index contributed by atoms with van der Waals surface area (Å²) >= 11 is 0. The molecule has 0 fully saturated rings. The Morgan fingerprint density at radius 2 is 1.32 bits per heavy atom. The first-order chi connectivity index (χ1) is 10.4. The maximum Gasteiger partial charge on any atom is 0.310 e. The summed E-state index contributed by atoms with van der Waals surface area (Å²) in [6, 6.07) is 0. The minimum atomic E-state index is -0.543. The van der Waals surface area contributed by atoms with Crippen molar-refractivity contribution < 1.29 is 29.3 Å². The molecule has 0 spiro atoms. The Morgan fingerprint density at radius 3 is 1.64 bits per heavy atom. The second-order valence-corrected chi connectivity index (χ2v) is 5.77. The van der Waals surface area contributed by atoms with Crippen LogP contribution in [-0.4, -0.2) is 47.6 Å². The highest BCUT2D eigenvalue weighted by atomic mass is 16.5. The van der Waals surface area contributed by atoms with Crippen LogP contribution in [0.15, 0.2) is 12.2 Å². The first kappa shape index (κ1) is 18.6. The summed E-state index contributed by atoms with van der Waals surface area (Å²) in [7, 11) is 0. The molecule has 1 aliphatic rings. The van der Waals surface area contributed by atoms with Crippen LogP contribution in [0.4, 0.5) is 0 Å². The van der Waals surface area contributed by atoms with Crippen molar-refractivity contribution in [2.75, 3.05) is 13.2 Å². The number of carbonyl (C=O) groups excluding carboxylic acids is 2. The van der Waals surface area contributed by atoms with Crippen LogP contribution in [0.2, 0.25) is 0 Å². The number of rotatable bonds is 8. The zero-order chi connectivity index (χ0) is 16.5. The highest BCUT2D eigenvalue weighted by Gasteiger charge is 2.36. The van der Waals surface area contributed by atoms with Gasteiger partial charge in [-0.05, 0) is 26.7 Å². The molecular weight excluding hydrogens is 288 g/mol. The van der Waals surface area contributed by atoms with Gasteiger partial charge in [0.1, 0.15) is 0 Å². The Bertz CT molecular complexity index is 352. The van der Waals surface area contributed by atoms with Crippen LogP contribution in [0.1, 0.15) is 39.5 Å². The molecule has 0 radical (unpaired) electrons. The molecule has 0 bridgehead atoms. The molecule has 1 aliphatic carbocycles. The molecule has 0 saturated heterocycles. The molecule has 0 amide bonds. The first-order valence-electron chi connectivity index (χ1n) is 7.76. The van der Waals surface area contributed by atoms with E-state index in [1.54, 1.807) is 13.8 Å². The molecular formula is C16H26O6. The standard InChI is InChI=1S/C16H26O6/c1-11(17)7-9-21-15(19)13-5-3-4-6-14(13)16(20)22-10-8-12(2)18/h3-4,11-14,17-18H,5-10H2,1-2H3. The fourth-order valence-corrected chi connectivity index (χ4v) is 2.21. The lowest BCUT2D eigenvalue weighted by Gasteiger charge is -2.25. The van der Waals surface area contributed by atoms with E-state index in [-0.39, 0.29) is 13.2 Å². The second-order valence-electron chi connectivity index (χ2n) is 5.77. The van der Waals surface area contributed by atoms with Crippen LogP contribution < -0.4 is 0 Å². The maximum atomic E-state index is 12.1. The quantitative estimate of drug-likeness (QED) is 0.516. The van der Waals surface area contributed by atoms with Crippen LogP contribution >= 0.6 is 0 Å². The summed E-state index contributed by atoms with van der Waals surface area (Å²) in [6.07, 6.45) is 4.31. The minimum absolute atomic E-state index is 0.139. The van der Waals surface area contributed by atoms with Gasteiger partial charge in [-0.15, -0.1) is 0 Å². The van der Waals surface area contributed by atoms with Gasteiger partial charge in [0.05, 0.1) is 37.3 Å².